The summed E-state index contributed by atoms with van der Waals surface area (Å²) in [5.41, 5.74) is 2.13. The number of benzene rings is 1. The lowest BCUT2D eigenvalue weighted by Crippen LogP contribution is -2.33. The first-order chi connectivity index (χ1) is 8.88. The summed E-state index contributed by atoms with van der Waals surface area (Å²) in [5.74, 6) is -0.152. The Kier molecular flexibility index (Phi) is 6.25. The summed E-state index contributed by atoms with van der Waals surface area (Å²) >= 11 is 3.46. The second-order valence-corrected chi connectivity index (χ2v) is 5.71. The maximum atomic E-state index is 11.7. The molecule has 19 heavy (non-hydrogen) atoms. The maximum Gasteiger partial charge on any atom is 0.244 e. The molecule has 0 aliphatic rings. The third kappa shape index (κ3) is 6.03. The number of aryl methyl sites for hydroxylation is 1. The topological polar surface area (TPSA) is 49.3 Å². The molecule has 0 aromatic heterocycles. The van der Waals surface area contributed by atoms with Crippen molar-refractivity contribution >= 4 is 27.9 Å². The van der Waals surface area contributed by atoms with Crippen LogP contribution in [0, 0.1) is 6.92 Å². The van der Waals surface area contributed by atoms with E-state index >= 15 is 0 Å². The predicted molar refractivity (Wildman–Crippen MR) is 81.8 cm³/mol. The molecule has 0 fully saturated rings. The Balaban J connectivity index is 2.58. The quantitative estimate of drug-likeness (QED) is 0.817. The summed E-state index contributed by atoms with van der Waals surface area (Å²) in [6.07, 6.45) is 3.42. The van der Waals surface area contributed by atoms with Gasteiger partial charge in [-0.25, -0.2) is 0 Å². The Morgan fingerprint density at radius 1 is 1.47 bits per heavy atom. The van der Waals surface area contributed by atoms with Gasteiger partial charge >= 0.3 is 0 Å². The fraction of sp³-hybridized carbons (Fsp3) is 0.400. The zero-order chi connectivity index (χ0) is 14.4. The van der Waals surface area contributed by atoms with Gasteiger partial charge in [0.15, 0.2) is 0 Å². The second-order valence-electron chi connectivity index (χ2n) is 4.85. The van der Waals surface area contributed by atoms with Crippen LogP contribution in [0.2, 0.25) is 0 Å². The number of aliphatic hydroxyl groups excluding tert-OH is 1. The van der Waals surface area contributed by atoms with E-state index in [0.717, 1.165) is 10.0 Å². The average Bonchev–Trinajstić information content (AvgIpc) is 2.26. The van der Waals surface area contributed by atoms with Crippen LogP contribution in [0.25, 0.3) is 6.08 Å². The van der Waals surface area contributed by atoms with Gasteiger partial charge in [-0.1, -0.05) is 28.1 Å². The molecule has 0 saturated carbocycles. The molecule has 2 atom stereocenters. The molecule has 104 valence electrons. The molecule has 2 N–H and O–H groups in total. The second kappa shape index (κ2) is 7.46. The Labute approximate surface area is 122 Å². The molecule has 0 spiro atoms. The number of nitrogens with one attached hydrogen (secondary N) is 1. The number of aliphatic hydroxyl groups is 1. The molecular formula is C15H20BrNO2. The van der Waals surface area contributed by atoms with Gasteiger partial charge in [0.25, 0.3) is 0 Å². The van der Waals surface area contributed by atoms with Gasteiger partial charge in [0.2, 0.25) is 5.91 Å². The molecule has 0 aliphatic carbocycles. The van der Waals surface area contributed by atoms with E-state index in [2.05, 4.69) is 21.2 Å². The van der Waals surface area contributed by atoms with Crippen LogP contribution >= 0.6 is 15.9 Å². The summed E-state index contributed by atoms with van der Waals surface area (Å²) in [4.78, 5) is 11.7. The number of hydrogen-bond acceptors (Lipinski definition) is 2. The first kappa shape index (κ1) is 15.9. The Bertz CT molecular complexity index is 469. The fourth-order valence-electron chi connectivity index (χ4n) is 1.79. The standard InChI is InChI=1S/C15H20BrNO2/c1-10-4-5-13(14(16)8-10)6-7-15(19)17-11(2)9-12(3)18/h4-8,11-12,18H,9H2,1-3H3,(H,17,19)/b7-6+. The van der Waals surface area contributed by atoms with Crippen molar-refractivity contribution in [1.82, 2.24) is 5.32 Å². The van der Waals surface area contributed by atoms with E-state index in [4.69, 9.17) is 0 Å². The SMILES string of the molecule is Cc1ccc(/C=C/C(=O)NC(C)CC(C)O)c(Br)c1. The van der Waals surface area contributed by atoms with E-state index in [1.165, 1.54) is 11.6 Å². The smallest absolute Gasteiger partial charge is 0.244 e. The molecule has 1 amide bonds. The highest BCUT2D eigenvalue weighted by molar-refractivity contribution is 9.10. The number of amides is 1. The van der Waals surface area contributed by atoms with Crippen LogP contribution < -0.4 is 5.32 Å². The third-order valence-corrected chi connectivity index (χ3v) is 3.34. The Morgan fingerprint density at radius 3 is 2.74 bits per heavy atom. The van der Waals surface area contributed by atoms with Crippen molar-refractivity contribution < 1.29 is 9.90 Å². The van der Waals surface area contributed by atoms with E-state index in [0.29, 0.717) is 6.42 Å². The lowest BCUT2D eigenvalue weighted by Gasteiger charge is -2.13. The van der Waals surface area contributed by atoms with Gasteiger partial charge in [-0.05, 0) is 50.5 Å². The molecule has 1 aromatic rings. The molecule has 2 unspecified atom stereocenters. The van der Waals surface area contributed by atoms with Gasteiger partial charge in [0.1, 0.15) is 0 Å². The molecule has 0 bridgehead atoms. The van der Waals surface area contributed by atoms with E-state index in [1.54, 1.807) is 13.0 Å². The Hall–Kier alpha value is -1.13. The first-order valence-electron chi connectivity index (χ1n) is 6.31. The number of hydrogen-bond donors (Lipinski definition) is 2. The van der Waals surface area contributed by atoms with Gasteiger partial charge in [-0.15, -0.1) is 0 Å². The molecule has 1 rings (SSSR count). The van der Waals surface area contributed by atoms with Crippen LogP contribution in [-0.4, -0.2) is 23.2 Å². The molecule has 0 radical (unpaired) electrons. The van der Waals surface area contributed by atoms with Crippen molar-refractivity contribution in [3.05, 3.63) is 39.9 Å². The summed E-state index contributed by atoms with van der Waals surface area (Å²) in [6.45, 7) is 5.60. The van der Waals surface area contributed by atoms with Crippen molar-refractivity contribution in [2.75, 3.05) is 0 Å². The molecule has 3 nitrogen and oxygen atoms in total. The molecule has 0 saturated heterocycles. The van der Waals surface area contributed by atoms with Gasteiger partial charge in [0.05, 0.1) is 6.10 Å². The number of rotatable bonds is 5. The molecule has 1 aromatic carbocycles. The van der Waals surface area contributed by atoms with Gasteiger partial charge in [-0.3, -0.25) is 4.79 Å². The monoisotopic (exact) mass is 325 g/mol. The van der Waals surface area contributed by atoms with E-state index in [-0.39, 0.29) is 11.9 Å². The third-order valence-electron chi connectivity index (χ3n) is 2.65. The summed E-state index contributed by atoms with van der Waals surface area (Å²) in [5, 5.41) is 12.0. The van der Waals surface area contributed by atoms with Crippen LogP contribution in [0.15, 0.2) is 28.7 Å². The minimum Gasteiger partial charge on any atom is -0.393 e. The van der Waals surface area contributed by atoms with Crippen LogP contribution in [0.1, 0.15) is 31.4 Å². The van der Waals surface area contributed by atoms with Gasteiger partial charge in [-0.2, -0.15) is 0 Å². The summed E-state index contributed by atoms with van der Waals surface area (Å²) in [6, 6.07) is 5.92. The molecule has 0 heterocycles. The lowest BCUT2D eigenvalue weighted by atomic mass is 10.1. The zero-order valence-electron chi connectivity index (χ0n) is 11.5. The van der Waals surface area contributed by atoms with Crippen molar-refractivity contribution in [1.29, 1.82) is 0 Å². The van der Waals surface area contributed by atoms with Crippen molar-refractivity contribution in [2.45, 2.75) is 39.3 Å². The maximum absolute atomic E-state index is 11.7. The van der Waals surface area contributed by atoms with Crippen molar-refractivity contribution in [3.8, 4) is 0 Å². The first-order valence-corrected chi connectivity index (χ1v) is 7.10. The Morgan fingerprint density at radius 2 is 2.16 bits per heavy atom. The van der Waals surface area contributed by atoms with E-state index < -0.39 is 6.10 Å². The van der Waals surface area contributed by atoms with Gasteiger partial charge in [0, 0.05) is 16.6 Å². The number of carbonyl (C=O) groups excluding carboxylic acids is 1. The minimum absolute atomic E-state index is 0.0430. The summed E-state index contributed by atoms with van der Waals surface area (Å²) in [7, 11) is 0. The molecule has 0 aliphatic heterocycles. The van der Waals surface area contributed by atoms with Crippen LogP contribution in [-0.2, 0) is 4.79 Å². The zero-order valence-corrected chi connectivity index (χ0v) is 13.1. The van der Waals surface area contributed by atoms with Crippen LogP contribution in [0.3, 0.4) is 0 Å². The highest BCUT2D eigenvalue weighted by atomic mass is 79.9. The predicted octanol–water partition coefficient (Wildman–Crippen LogP) is 3.05. The minimum atomic E-state index is -0.412. The van der Waals surface area contributed by atoms with E-state index in [1.807, 2.05) is 32.0 Å². The normalized spacial score (nSPS) is 14.4. The highest BCUT2D eigenvalue weighted by Crippen LogP contribution is 2.19. The van der Waals surface area contributed by atoms with Gasteiger partial charge < -0.3 is 10.4 Å². The average molecular weight is 326 g/mol. The fourth-order valence-corrected chi connectivity index (χ4v) is 2.42. The highest BCUT2D eigenvalue weighted by Gasteiger charge is 2.07. The van der Waals surface area contributed by atoms with E-state index in [9.17, 15) is 9.90 Å². The lowest BCUT2D eigenvalue weighted by molar-refractivity contribution is -0.117. The number of halogens is 1. The molecular weight excluding hydrogens is 306 g/mol. The van der Waals surface area contributed by atoms with Crippen molar-refractivity contribution in [3.63, 3.8) is 0 Å². The van der Waals surface area contributed by atoms with Crippen molar-refractivity contribution in [2.24, 2.45) is 0 Å². The largest absolute Gasteiger partial charge is 0.393 e. The summed E-state index contributed by atoms with van der Waals surface area (Å²) < 4.78 is 0.966. The van der Waals surface area contributed by atoms with Crippen LogP contribution in [0.5, 0.6) is 0 Å². The molecule has 4 heteroatoms. The number of carbonyl (C=O) groups is 1. The van der Waals surface area contributed by atoms with Crippen LogP contribution in [0.4, 0.5) is 0 Å².